The van der Waals surface area contributed by atoms with Crippen molar-refractivity contribution in [2.24, 2.45) is 0 Å². The van der Waals surface area contributed by atoms with Crippen molar-refractivity contribution >= 4 is 39.5 Å². The van der Waals surface area contributed by atoms with E-state index in [1.807, 2.05) is 24.3 Å². The summed E-state index contributed by atoms with van der Waals surface area (Å²) < 4.78 is 68.3. The van der Waals surface area contributed by atoms with Crippen LogP contribution in [0.5, 0.6) is 0 Å². The maximum absolute atomic E-state index is 13.1. The van der Waals surface area contributed by atoms with Crippen LogP contribution < -0.4 is 0 Å². The van der Waals surface area contributed by atoms with Gasteiger partial charge in [-0.05, 0) is 116 Å². The fourth-order valence-electron chi connectivity index (χ4n) is 9.86. The third-order valence-corrected chi connectivity index (χ3v) is 17.5. The van der Waals surface area contributed by atoms with Gasteiger partial charge in [-0.1, -0.05) is 290 Å². The highest BCUT2D eigenvalue weighted by Crippen LogP contribution is 2.45. The molecule has 0 aliphatic rings. The summed E-state index contributed by atoms with van der Waals surface area (Å²) in [4.78, 5) is 72.8. The van der Waals surface area contributed by atoms with Crippen LogP contribution in [0.25, 0.3) is 0 Å². The molecule has 17 nitrogen and oxygen atoms in total. The zero-order chi connectivity index (χ0) is 73.2. The van der Waals surface area contributed by atoms with Gasteiger partial charge in [0.05, 0.1) is 32.8 Å². The fourth-order valence-corrected chi connectivity index (χ4v) is 11.4. The molecule has 0 aromatic heterocycles. The molecule has 19 heteroatoms. The molecule has 3 N–H and O–H groups in total. The molecule has 0 aromatic rings. The summed E-state index contributed by atoms with van der Waals surface area (Å²) in [6, 6.07) is 0. The van der Waals surface area contributed by atoms with Crippen LogP contribution in [-0.2, 0) is 65.4 Å². The molecule has 100 heavy (non-hydrogen) atoms. The predicted molar refractivity (Wildman–Crippen MR) is 408 cm³/mol. The Bertz CT molecular complexity index is 2420. The minimum Gasteiger partial charge on any atom is -0.462 e. The summed E-state index contributed by atoms with van der Waals surface area (Å²) in [6.45, 7) is 4.45. The largest absolute Gasteiger partial charge is 0.472 e. The summed E-state index contributed by atoms with van der Waals surface area (Å²) in [5.41, 5.74) is 0. The number of carbonyl (C=O) groups excluding carboxylic acids is 4. The van der Waals surface area contributed by atoms with Crippen LogP contribution in [-0.4, -0.2) is 96.7 Å². The number of hydrogen-bond donors (Lipinski definition) is 3. The van der Waals surface area contributed by atoms with Crippen LogP contribution in [0.1, 0.15) is 297 Å². The third-order valence-electron chi connectivity index (χ3n) is 15.6. The van der Waals surface area contributed by atoms with Crippen LogP contribution in [0.4, 0.5) is 0 Å². The van der Waals surface area contributed by atoms with Gasteiger partial charge in [-0.25, -0.2) is 9.13 Å². The summed E-state index contributed by atoms with van der Waals surface area (Å²) in [5.74, 6) is -2.40. The number of esters is 4. The molecule has 0 saturated carbocycles. The maximum atomic E-state index is 13.1. The van der Waals surface area contributed by atoms with Gasteiger partial charge in [-0.15, -0.1) is 0 Å². The quantitative estimate of drug-likeness (QED) is 0.0169. The number of ether oxygens (including phenoxy) is 4. The molecule has 0 spiro atoms. The van der Waals surface area contributed by atoms with Gasteiger partial charge in [0.25, 0.3) is 0 Å². The van der Waals surface area contributed by atoms with E-state index < -0.39 is 97.5 Å². The highest BCUT2D eigenvalue weighted by molar-refractivity contribution is 7.47. The van der Waals surface area contributed by atoms with Crippen molar-refractivity contribution in [1.82, 2.24) is 0 Å². The van der Waals surface area contributed by atoms with Gasteiger partial charge in [0.1, 0.15) is 19.3 Å². The predicted octanol–water partition coefficient (Wildman–Crippen LogP) is 22.1. The van der Waals surface area contributed by atoms with Crippen LogP contribution >= 0.6 is 15.6 Å². The van der Waals surface area contributed by atoms with Crippen LogP contribution in [0.15, 0.2) is 134 Å². The molecule has 572 valence electrons. The number of unbranched alkanes of at least 4 members (excludes halogenated alkanes) is 24. The van der Waals surface area contributed by atoms with E-state index in [-0.39, 0.29) is 25.7 Å². The van der Waals surface area contributed by atoms with Crippen molar-refractivity contribution in [2.45, 2.75) is 316 Å². The van der Waals surface area contributed by atoms with Crippen molar-refractivity contribution in [3.8, 4) is 0 Å². The normalized spacial score (nSPS) is 14.7. The lowest BCUT2D eigenvalue weighted by Gasteiger charge is -2.21. The Morgan fingerprint density at radius 1 is 0.300 bits per heavy atom. The number of phosphoric ester groups is 2. The van der Waals surface area contributed by atoms with E-state index in [1.165, 1.54) is 96.3 Å². The van der Waals surface area contributed by atoms with Gasteiger partial charge < -0.3 is 33.8 Å². The molecule has 0 heterocycles. The Kier molecular flexibility index (Phi) is 69.1. The third kappa shape index (κ3) is 71.6. The first kappa shape index (κ1) is 95.2. The number of rotatable bonds is 71. The van der Waals surface area contributed by atoms with Gasteiger partial charge >= 0.3 is 39.5 Å². The zero-order valence-electron chi connectivity index (χ0n) is 62.3. The number of aliphatic hydroxyl groups excluding tert-OH is 1. The van der Waals surface area contributed by atoms with Crippen LogP contribution in [0, 0.1) is 0 Å². The lowest BCUT2D eigenvalue weighted by atomic mass is 10.0. The van der Waals surface area contributed by atoms with E-state index in [1.54, 1.807) is 12.2 Å². The zero-order valence-corrected chi connectivity index (χ0v) is 64.1. The van der Waals surface area contributed by atoms with E-state index in [4.69, 9.17) is 37.0 Å². The number of carbonyl (C=O) groups is 4. The van der Waals surface area contributed by atoms with E-state index in [0.717, 1.165) is 116 Å². The Morgan fingerprint density at radius 2 is 0.570 bits per heavy atom. The van der Waals surface area contributed by atoms with Crippen molar-refractivity contribution in [2.75, 3.05) is 39.6 Å². The Labute approximate surface area is 605 Å². The van der Waals surface area contributed by atoms with Crippen molar-refractivity contribution in [1.29, 1.82) is 0 Å². The summed E-state index contributed by atoms with van der Waals surface area (Å²) in [7, 11) is -10.0. The average molecular weight is 1440 g/mol. The maximum Gasteiger partial charge on any atom is 0.472 e. The van der Waals surface area contributed by atoms with Gasteiger partial charge in [0.15, 0.2) is 12.2 Å². The SMILES string of the molecule is CC/C=C\C/C=C\C/C=C\C/C=C\C/C=C\CCCC(=O)OCC(COP(=O)(O)OCC(O)COP(=O)(O)OCC(COC(=O)CCCCCCCCCCCCCCCCC)OC(=O)CCCCCCC/C=C\CCCCCC)OC(=O)C/C=C\C/C=C\C/C=C\C/C=C\C/C=C\CC. The van der Waals surface area contributed by atoms with Gasteiger partial charge in [0, 0.05) is 19.3 Å². The molecule has 5 atom stereocenters. The fraction of sp³-hybridized carbons (Fsp3) is 0.679. The van der Waals surface area contributed by atoms with Crippen molar-refractivity contribution in [3.05, 3.63) is 134 Å². The first-order valence-corrected chi connectivity index (χ1v) is 41.4. The molecular weight excluding hydrogens is 1310 g/mol. The number of hydrogen-bond acceptors (Lipinski definition) is 15. The molecule has 0 saturated heterocycles. The molecule has 0 aromatic carbocycles. The molecule has 0 radical (unpaired) electrons. The molecule has 0 aliphatic carbocycles. The molecule has 0 aliphatic heterocycles. The monoisotopic (exact) mass is 1440 g/mol. The van der Waals surface area contributed by atoms with Gasteiger partial charge in [-0.2, -0.15) is 0 Å². The Morgan fingerprint density at radius 3 is 0.950 bits per heavy atom. The first-order valence-electron chi connectivity index (χ1n) is 38.4. The molecule has 0 fully saturated rings. The first-order chi connectivity index (χ1) is 48.7. The minimum absolute atomic E-state index is 0.0601. The van der Waals surface area contributed by atoms with E-state index in [9.17, 15) is 43.2 Å². The number of phosphoric acid groups is 2. The summed E-state index contributed by atoms with van der Waals surface area (Å²) in [6.07, 6.45) is 80.6. The molecule has 0 amide bonds. The van der Waals surface area contributed by atoms with Gasteiger partial charge in [-0.3, -0.25) is 37.3 Å². The Balaban J connectivity index is 5.46. The minimum atomic E-state index is -5.01. The van der Waals surface area contributed by atoms with Crippen LogP contribution in [0.3, 0.4) is 0 Å². The standard InChI is InChI=1S/C81H136O17P2/c1-5-9-13-17-21-25-29-33-36-37-40-43-46-50-54-58-62-66-79(84)92-72-77(98-81(86)68-64-60-56-52-48-44-39-35-31-27-23-19-15-11-7-3)74-96-100(89,90)94-70-75(82)69-93-99(87,88)95-73-76(97-80(85)67-63-59-55-51-47-41-32-28-24-20-16-12-8-4)71-91-78(83)65-61-57-53-49-45-42-38-34-30-26-22-18-14-10-6-2/h9,11,13,15,21,23,25,27-28,32-33,35-36,39-40,43,48,50,52,54,60,64,75-77,82H,5-8,10,12,14,16-20,22,24,26,29-31,34,37-38,41-42,44-47,49,51,53,55-59,61-63,65-74H2,1-4H3,(H,87,88)(H,89,90)/b13-9-,15-11-,25-21-,27-23-,32-28-,36-33-,39-35-,43-40-,52-48-,54-50-,64-60-. The number of allylic oxidation sites excluding steroid dienone is 21. The van der Waals surface area contributed by atoms with Gasteiger partial charge in [0.2, 0.25) is 0 Å². The smallest absolute Gasteiger partial charge is 0.462 e. The lowest BCUT2D eigenvalue weighted by molar-refractivity contribution is -0.161. The summed E-state index contributed by atoms with van der Waals surface area (Å²) in [5, 5.41) is 10.6. The topological polar surface area (TPSA) is 237 Å². The molecule has 0 rings (SSSR count). The second kappa shape index (κ2) is 72.5. The van der Waals surface area contributed by atoms with Crippen molar-refractivity contribution in [3.63, 3.8) is 0 Å². The van der Waals surface area contributed by atoms with E-state index in [2.05, 4.69) is 125 Å². The number of aliphatic hydroxyl groups is 1. The summed E-state index contributed by atoms with van der Waals surface area (Å²) >= 11 is 0. The molecule has 5 unspecified atom stereocenters. The van der Waals surface area contributed by atoms with E-state index >= 15 is 0 Å². The Hall–Kier alpha value is -4.80. The lowest BCUT2D eigenvalue weighted by Crippen LogP contribution is -2.30. The second-order valence-electron chi connectivity index (χ2n) is 25.2. The van der Waals surface area contributed by atoms with Crippen LogP contribution in [0.2, 0.25) is 0 Å². The molecular formula is C81H136O17P2. The second-order valence-corrected chi connectivity index (χ2v) is 28.1. The van der Waals surface area contributed by atoms with Crippen molar-refractivity contribution < 1.29 is 80.2 Å². The average Bonchev–Trinajstić information content (AvgIpc) is 1.06. The highest BCUT2D eigenvalue weighted by atomic mass is 31.2. The highest BCUT2D eigenvalue weighted by Gasteiger charge is 2.30. The van der Waals surface area contributed by atoms with E-state index in [0.29, 0.717) is 32.1 Å². The molecule has 0 bridgehead atoms.